The Kier molecular flexibility index (Phi) is 3.62. The van der Waals surface area contributed by atoms with Crippen molar-refractivity contribution in [1.82, 2.24) is 9.97 Å². The number of ether oxygens (including phenoxy) is 2. The first kappa shape index (κ1) is 13.6. The molecular formula is C14H12ClN3O3. The lowest BCUT2D eigenvalue weighted by atomic mass is 10.2. The first-order valence-electron chi connectivity index (χ1n) is 6.25. The molecule has 108 valence electrons. The number of benzene rings is 1. The molecule has 1 aromatic carbocycles. The van der Waals surface area contributed by atoms with Gasteiger partial charge in [0.2, 0.25) is 0 Å². The predicted octanol–water partition coefficient (Wildman–Crippen LogP) is 2.06. The fourth-order valence-corrected chi connectivity index (χ4v) is 2.25. The minimum atomic E-state index is -0.173. The van der Waals surface area contributed by atoms with E-state index in [2.05, 4.69) is 9.97 Å². The number of amides is 1. The van der Waals surface area contributed by atoms with E-state index in [1.807, 2.05) is 24.3 Å². The summed E-state index contributed by atoms with van der Waals surface area (Å²) in [5.41, 5.74) is 0.951. The van der Waals surface area contributed by atoms with Gasteiger partial charge in [0.15, 0.2) is 23.3 Å². The molecule has 0 spiro atoms. The number of nitrogens with zero attached hydrogens (tertiary/aromatic N) is 3. The molecular weight excluding hydrogens is 294 g/mol. The number of fused-ring (bicyclic) bond motifs is 1. The van der Waals surface area contributed by atoms with Crippen LogP contribution in [0.2, 0.25) is 5.15 Å². The molecule has 1 aliphatic rings. The van der Waals surface area contributed by atoms with Crippen molar-refractivity contribution in [1.29, 1.82) is 0 Å². The summed E-state index contributed by atoms with van der Waals surface area (Å²) in [7, 11) is 1.61. The van der Waals surface area contributed by atoms with Gasteiger partial charge >= 0.3 is 0 Å². The van der Waals surface area contributed by atoms with E-state index in [0.29, 0.717) is 18.1 Å². The van der Waals surface area contributed by atoms with Crippen LogP contribution in [0.15, 0.2) is 30.6 Å². The van der Waals surface area contributed by atoms with Crippen LogP contribution >= 0.6 is 11.6 Å². The summed E-state index contributed by atoms with van der Waals surface area (Å²) in [6.07, 6.45) is 1.31. The van der Waals surface area contributed by atoms with Gasteiger partial charge in [-0.25, -0.2) is 9.97 Å². The van der Waals surface area contributed by atoms with Gasteiger partial charge in [0, 0.05) is 0 Å². The lowest BCUT2D eigenvalue weighted by Crippen LogP contribution is -2.39. The first-order valence-corrected chi connectivity index (χ1v) is 6.63. The molecule has 0 atom stereocenters. The molecule has 0 bridgehead atoms. The molecule has 0 saturated heterocycles. The van der Waals surface area contributed by atoms with Gasteiger partial charge in [0.05, 0.1) is 13.7 Å². The van der Waals surface area contributed by atoms with Crippen molar-refractivity contribution in [3.63, 3.8) is 0 Å². The highest BCUT2D eigenvalue weighted by Crippen LogP contribution is 2.35. The number of carbonyl (C=O) groups is 1. The Bertz CT molecular complexity index is 676. The molecule has 21 heavy (non-hydrogen) atoms. The molecule has 1 amide bonds. The largest absolute Gasteiger partial charge is 0.497 e. The maximum Gasteiger partial charge on any atom is 0.266 e. The highest BCUT2D eigenvalue weighted by atomic mass is 35.5. The fraction of sp³-hybridized carbons (Fsp3) is 0.214. The van der Waals surface area contributed by atoms with E-state index in [0.717, 1.165) is 11.3 Å². The predicted molar refractivity (Wildman–Crippen MR) is 76.7 cm³/mol. The van der Waals surface area contributed by atoms with Gasteiger partial charge in [-0.15, -0.1) is 0 Å². The van der Waals surface area contributed by atoms with Crippen molar-refractivity contribution < 1.29 is 14.3 Å². The van der Waals surface area contributed by atoms with Crippen LogP contribution in [0.3, 0.4) is 0 Å². The Morgan fingerprint density at radius 1 is 1.33 bits per heavy atom. The zero-order valence-electron chi connectivity index (χ0n) is 11.2. The average molecular weight is 306 g/mol. The minimum Gasteiger partial charge on any atom is -0.497 e. The van der Waals surface area contributed by atoms with E-state index in [1.165, 1.54) is 11.2 Å². The summed E-state index contributed by atoms with van der Waals surface area (Å²) >= 11 is 5.97. The number of rotatable bonds is 3. The molecule has 0 saturated carbocycles. The summed E-state index contributed by atoms with van der Waals surface area (Å²) in [6, 6.07) is 7.47. The van der Waals surface area contributed by atoms with Crippen LogP contribution < -0.4 is 14.4 Å². The Morgan fingerprint density at radius 3 is 2.81 bits per heavy atom. The van der Waals surface area contributed by atoms with Gasteiger partial charge < -0.3 is 9.47 Å². The molecule has 0 aliphatic carbocycles. The van der Waals surface area contributed by atoms with Crippen LogP contribution in [0.25, 0.3) is 0 Å². The van der Waals surface area contributed by atoms with Gasteiger partial charge in [0.1, 0.15) is 12.1 Å². The number of anilines is 1. The van der Waals surface area contributed by atoms with Crippen LogP contribution in [-0.4, -0.2) is 29.6 Å². The van der Waals surface area contributed by atoms with E-state index in [4.69, 9.17) is 21.1 Å². The normalized spacial score (nSPS) is 13.6. The Labute approximate surface area is 126 Å². The highest BCUT2D eigenvalue weighted by Gasteiger charge is 2.29. The smallest absolute Gasteiger partial charge is 0.266 e. The van der Waals surface area contributed by atoms with Gasteiger partial charge in [-0.3, -0.25) is 9.69 Å². The number of hydrogen-bond acceptors (Lipinski definition) is 5. The van der Waals surface area contributed by atoms with Crippen LogP contribution in [0.1, 0.15) is 5.56 Å². The molecule has 0 radical (unpaired) electrons. The van der Waals surface area contributed by atoms with E-state index in [9.17, 15) is 4.79 Å². The maximum absolute atomic E-state index is 12.1. The van der Waals surface area contributed by atoms with Crippen molar-refractivity contribution in [2.24, 2.45) is 0 Å². The lowest BCUT2D eigenvalue weighted by Gasteiger charge is -2.28. The summed E-state index contributed by atoms with van der Waals surface area (Å²) in [6.45, 7) is 0.308. The molecule has 2 heterocycles. The van der Waals surface area contributed by atoms with Gasteiger partial charge in [0.25, 0.3) is 5.91 Å². The zero-order valence-corrected chi connectivity index (χ0v) is 12.0. The minimum absolute atomic E-state index is 0.0732. The van der Waals surface area contributed by atoms with Crippen LogP contribution in [-0.2, 0) is 11.3 Å². The summed E-state index contributed by atoms with van der Waals surface area (Å²) in [5.74, 6) is 1.32. The van der Waals surface area contributed by atoms with E-state index in [-0.39, 0.29) is 17.7 Å². The van der Waals surface area contributed by atoms with Crippen molar-refractivity contribution >= 4 is 23.3 Å². The van der Waals surface area contributed by atoms with E-state index < -0.39 is 0 Å². The van der Waals surface area contributed by atoms with E-state index >= 15 is 0 Å². The van der Waals surface area contributed by atoms with E-state index in [1.54, 1.807) is 7.11 Å². The molecule has 1 aromatic heterocycles. The summed E-state index contributed by atoms with van der Waals surface area (Å²) in [4.78, 5) is 21.6. The van der Waals surface area contributed by atoms with Crippen molar-refractivity contribution in [2.75, 3.05) is 18.6 Å². The fourth-order valence-electron chi connectivity index (χ4n) is 2.07. The number of halogens is 1. The SMILES string of the molecule is COc1ccc(CN2C(=O)COc3c(Cl)ncnc32)cc1. The molecule has 0 N–H and O–H groups in total. The second-order valence-corrected chi connectivity index (χ2v) is 4.79. The number of methoxy groups -OCH3 is 1. The zero-order chi connectivity index (χ0) is 14.8. The second-order valence-electron chi connectivity index (χ2n) is 4.43. The van der Waals surface area contributed by atoms with Crippen LogP contribution in [0.4, 0.5) is 5.82 Å². The maximum atomic E-state index is 12.1. The third-order valence-corrected chi connectivity index (χ3v) is 3.41. The highest BCUT2D eigenvalue weighted by molar-refractivity contribution is 6.31. The molecule has 1 aliphatic heterocycles. The van der Waals surface area contributed by atoms with Gasteiger partial charge in [-0.2, -0.15) is 0 Å². The summed E-state index contributed by atoms with van der Waals surface area (Å²) in [5, 5.41) is 0.201. The molecule has 6 nitrogen and oxygen atoms in total. The quantitative estimate of drug-likeness (QED) is 0.812. The Hall–Kier alpha value is -2.34. The van der Waals surface area contributed by atoms with Crippen LogP contribution in [0.5, 0.6) is 11.5 Å². The second kappa shape index (κ2) is 5.57. The Balaban J connectivity index is 1.91. The standard InChI is InChI=1S/C14H12ClN3O3/c1-20-10-4-2-9(3-5-10)6-18-11(19)7-21-12-13(15)16-8-17-14(12)18/h2-5,8H,6-7H2,1H3. The summed E-state index contributed by atoms with van der Waals surface area (Å²) < 4.78 is 10.4. The van der Waals surface area contributed by atoms with Gasteiger partial charge in [-0.05, 0) is 17.7 Å². The molecule has 2 aromatic rings. The molecule has 0 unspecified atom stereocenters. The molecule has 7 heteroatoms. The Morgan fingerprint density at radius 2 is 2.10 bits per heavy atom. The third-order valence-electron chi connectivity index (χ3n) is 3.14. The van der Waals surface area contributed by atoms with Crippen molar-refractivity contribution in [3.05, 3.63) is 41.3 Å². The first-order chi connectivity index (χ1) is 10.2. The van der Waals surface area contributed by atoms with Crippen molar-refractivity contribution in [3.8, 4) is 11.5 Å². The number of hydrogen-bond donors (Lipinski definition) is 0. The lowest BCUT2D eigenvalue weighted by molar-refractivity contribution is -0.121. The molecule has 3 rings (SSSR count). The topological polar surface area (TPSA) is 64.5 Å². The number of aromatic nitrogens is 2. The molecule has 0 fully saturated rings. The van der Waals surface area contributed by atoms with Crippen molar-refractivity contribution in [2.45, 2.75) is 6.54 Å². The van der Waals surface area contributed by atoms with Gasteiger partial charge in [-0.1, -0.05) is 23.7 Å². The van der Waals surface area contributed by atoms with Crippen LogP contribution in [0, 0.1) is 0 Å². The number of carbonyl (C=O) groups excluding carboxylic acids is 1. The third kappa shape index (κ3) is 2.62. The monoisotopic (exact) mass is 305 g/mol. The average Bonchev–Trinajstić information content (AvgIpc) is 2.51.